The van der Waals surface area contributed by atoms with E-state index >= 15 is 0 Å². The minimum Gasteiger partial charge on any atom is -0.478 e. The summed E-state index contributed by atoms with van der Waals surface area (Å²) in [7, 11) is 0. The third-order valence-electron chi connectivity index (χ3n) is 3.52. The van der Waals surface area contributed by atoms with Gasteiger partial charge < -0.3 is 14.9 Å². The molecule has 21 heavy (non-hydrogen) atoms. The highest BCUT2D eigenvalue weighted by molar-refractivity contribution is 5.93. The zero-order valence-electron chi connectivity index (χ0n) is 11.5. The Morgan fingerprint density at radius 1 is 1.29 bits per heavy atom. The summed E-state index contributed by atoms with van der Waals surface area (Å²) in [5.41, 5.74) is -1.27. The summed E-state index contributed by atoms with van der Waals surface area (Å²) in [6.07, 6.45) is -4.59. The number of carboxylic acid groups (broad SMARTS) is 1. The number of likely N-dealkylation sites (N-methyl/N-ethyl adjacent to an activating group) is 1. The predicted octanol–water partition coefficient (Wildman–Crippen LogP) is 1.94. The number of carboxylic acids is 1. The summed E-state index contributed by atoms with van der Waals surface area (Å²) in [6, 6.07) is 1.68. The van der Waals surface area contributed by atoms with Crippen molar-refractivity contribution in [1.29, 1.82) is 0 Å². The number of aromatic carboxylic acids is 1. The van der Waals surface area contributed by atoms with Gasteiger partial charge in [0.1, 0.15) is 17.1 Å². The van der Waals surface area contributed by atoms with Crippen LogP contribution in [-0.4, -0.2) is 53.7 Å². The highest BCUT2D eigenvalue weighted by Crippen LogP contribution is 2.31. The Bertz CT molecular complexity index is 526. The number of hydrogen-bond donors (Lipinski definition) is 1. The molecule has 1 aliphatic heterocycles. The molecule has 2 rings (SSSR count). The van der Waals surface area contributed by atoms with E-state index in [1.54, 1.807) is 4.90 Å². The maximum atomic E-state index is 12.7. The van der Waals surface area contributed by atoms with Gasteiger partial charge in [0, 0.05) is 26.2 Å². The van der Waals surface area contributed by atoms with Crippen molar-refractivity contribution in [2.24, 2.45) is 0 Å². The highest BCUT2D eigenvalue weighted by atomic mass is 19.4. The first-order valence-corrected chi connectivity index (χ1v) is 6.61. The molecule has 1 saturated heterocycles. The first-order chi connectivity index (χ1) is 9.82. The van der Waals surface area contributed by atoms with Crippen molar-refractivity contribution in [3.05, 3.63) is 23.4 Å². The van der Waals surface area contributed by atoms with Crippen LogP contribution in [0.2, 0.25) is 0 Å². The van der Waals surface area contributed by atoms with E-state index in [2.05, 4.69) is 9.88 Å². The van der Waals surface area contributed by atoms with Crippen molar-refractivity contribution in [3.8, 4) is 0 Å². The van der Waals surface area contributed by atoms with Crippen LogP contribution >= 0.6 is 0 Å². The minimum absolute atomic E-state index is 0.104. The lowest BCUT2D eigenvalue weighted by molar-refractivity contribution is -0.141. The molecule has 1 aromatic heterocycles. The van der Waals surface area contributed by atoms with Gasteiger partial charge in [-0.15, -0.1) is 0 Å². The Morgan fingerprint density at radius 3 is 2.38 bits per heavy atom. The monoisotopic (exact) mass is 303 g/mol. The number of carbonyl (C=O) groups is 1. The number of aromatic nitrogens is 1. The Balaban J connectivity index is 2.33. The Morgan fingerprint density at radius 2 is 1.90 bits per heavy atom. The second kappa shape index (κ2) is 5.88. The van der Waals surface area contributed by atoms with Gasteiger partial charge in [0.25, 0.3) is 0 Å². The van der Waals surface area contributed by atoms with Crippen molar-refractivity contribution in [2.45, 2.75) is 13.1 Å². The summed E-state index contributed by atoms with van der Waals surface area (Å²) in [5.74, 6) is -1.38. The quantitative estimate of drug-likeness (QED) is 0.925. The molecule has 1 aliphatic rings. The van der Waals surface area contributed by atoms with Crippen LogP contribution in [-0.2, 0) is 6.18 Å². The number of pyridine rings is 1. The third kappa shape index (κ3) is 3.44. The van der Waals surface area contributed by atoms with Crippen molar-refractivity contribution in [1.82, 2.24) is 9.88 Å². The molecular weight excluding hydrogens is 287 g/mol. The van der Waals surface area contributed by atoms with Crippen LogP contribution < -0.4 is 4.90 Å². The normalized spacial score (nSPS) is 17.0. The van der Waals surface area contributed by atoms with E-state index in [9.17, 15) is 18.0 Å². The van der Waals surface area contributed by atoms with Gasteiger partial charge in [0.2, 0.25) is 0 Å². The van der Waals surface area contributed by atoms with Crippen molar-refractivity contribution >= 4 is 11.8 Å². The summed E-state index contributed by atoms with van der Waals surface area (Å²) in [5, 5.41) is 9.13. The van der Waals surface area contributed by atoms with E-state index in [1.807, 2.05) is 6.92 Å². The molecule has 0 bridgehead atoms. The fraction of sp³-hybridized carbons (Fsp3) is 0.538. The molecule has 0 radical (unpaired) electrons. The molecule has 1 fully saturated rings. The lowest BCUT2D eigenvalue weighted by Crippen LogP contribution is -2.47. The van der Waals surface area contributed by atoms with Crippen LogP contribution in [0.25, 0.3) is 0 Å². The van der Waals surface area contributed by atoms with Gasteiger partial charge in [0.15, 0.2) is 0 Å². The van der Waals surface area contributed by atoms with Crippen molar-refractivity contribution in [2.75, 3.05) is 37.6 Å². The van der Waals surface area contributed by atoms with Gasteiger partial charge in [0.05, 0.1) is 0 Å². The van der Waals surface area contributed by atoms with Gasteiger partial charge in [-0.25, -0.2) is 9.78 Å². The van der Waals surface area contributed by atoms with Crippen molar-refractivity contribution < 1.29 is 23.1 Å². The second-order valence-electron chi connectivity index (χ2n) is 4.79. The molecule has 0 saturated carbocycles. The van der Waals surface area contributed by atoms with Crippen LogP contribution in [0.3, 0.4) is 0 Å². The largest absolute Gasteiger partial charge is 0.478 e. The highest BCUT2D eigenvalue weighted by Gasteiger charge is 2.34. The Hall–Kier alpha value is -1.83. The van der Waals surface area contributed by atoms with Crippen LogP contribution in [0.1, 0.15) is 23.0 Å². The second-order valence-corrected chi connectivity index (χ2v) is 4.79. The van der Waals surface area contributed by atoms with Crippen LogP contribution in [0, 0.1) is 0 Å². The molecule has 5 nitrogen and oxygen atoms in total. The zero-order valence-corrected chi connectivity index (χ0v) is 11.5. The average molecular weight is 303 g/mol. The summed E-state index contributed by atoms with van der Waals surface area (Å²) in [4.78, 5) is 18.5. The van der Waals surface area contributed by atoms with Crippen molar-refractivity contribution in [3.63, 3.8) is 0 Å². The van der Waals surface area contributed by atoms with E-state index in [0.717, 1.165) is 12.6 Å². The van der Waals surface area contributed by atoms with E-state index in [-0.39, 0.29) is 11.4 Å². The molecule has 1 aromatic rings. The maximum absolute atomic E-state index is 12.7. The number of halogens is 3. The first-order valence-electron chi connectivity index (χ1n) is 6.61. The van der Waals surface area contributed by atoms with E-state index in [4.69, 9.17) is 5.11 Å². The SMILES string of the molecule is CCN1CCN(c2nc(C(F)(F)F)ccc2C(=O)O)CC1. The molecular formula is C13H16F3N3O2. The minimum atomic E-state index is -4.59. The lowest BCUT2D eigenvalue weighted by Gasteiger charge is -2.35. The smallest absolute Gasteiger partial charge is 0.433 e. The zero-order chi connectivity index (χ0) is 15.6. The maximum Gasteiger partial charge on any atom is 0.433 e. The number of piperazine rings is 1. The van der Waals surface area contributed by atoms with Gasteiger partial charge in [-0.05, 0) is 18.7 Å². The number of anilines is 1. The fourth-order valence-electron chi connectivity index (χ4n) is 2.29. The van der Waals surface area contributed by atoms with E-state index < -0.39 is 17.8 Å². The average Bonchev–Trinajstić information content (AvgIpc) is 2.45. The summed E-state index contributed by atoms with van der Waals surface area (Å²) in [6.45, 7) is 5.13. The molecule has 2 heterocycles. The third-order valence-corrected chi connectivity index (χ3v) is 3.52. The number of rotatable bonds is 3. The predicted molar refractivity (Wildman–Crippen MR) is 70.5 cm³/mol. The Kier molecular flexibility index (Phi) is 4.36. The number of nitrogens with zero attached hydrogens (tertiary/aromatic N) is 3. The van der Waals surface area contributed by atoms with Gasteiger partial charge >= 0.3 is 12.1 Å². The first kappa shape index (κ1) is 15.6. The molecule has 8 heteroatoms. The van der Waals surface area contributed by atoms with Gasteiger partial charge in [-0.1, -0.05) is 6.92 Å². The fourth-order valence-corrected chi connectivity index (χ4v) is 2.29. The summed E-state index contributed by atoms with van der Waals surface area (Å²) >= 11 is 0. The standard InChI is InChI=1S/C13H16F3N3O2/c1-2-18-5-7-19(8-6-18)11-9(12(20)21)3-4-10(17-11)13(14,15)16/h3-4H,2,5-8H2,1H3,(H,20,21). The Labute approximate surface area is 120 Å². The van der Waals surface area contributed by atoms with E-state index in [0.29, 0.717) is 32.2 Å². The summed E-state index contributed by atoms with van der Waals surface area (Å²) < 4.78 is 38.2. The molecule has 0 atom stereocenters. The topological polar surface area (TPSA) is 56.7 Å². The number of alkyl halides is 3. The molecule has 1 N–H and O–H groups in total. The molecule has 116 valence electrons. The van der Waals surface area contributed by atoms with Crippen LogP contribution in [0.4, 0.5) is 19.0 Å². The lowest BCUT2D eigenvalue weighted by atomic mass is 10.2. The van der Waals surface area contributed by atoms with E-state index in [1.165, 1.54) is 0 Å². The molecule has 0 aliphatic carbocycles. The van der Waals surface area contributed by atoms with Crippen LogP contribution in [0.5, 0.6) is 0 Å². The van der Waals surface area contributed by atoms with Gasteiger partial charge in [-0.3, -0.25) is 0 Å². The molecule has 0 amide bonds. The van der Waals surface area contributed by atoms with Gasteiger partial charge in [-0.2, -0.15) is 13.2 Å². The molecule has 0 spiro atoms. The van der Waals surface area contributed by atoms with Crippen LogP contribution in [0.15, 0.2) is 12.1 Å². The molecule has 0 aromatic carbocycles. The molecule has 0 unspecified atom stereocenters. The number of hydrogen-bond acceptors (Lipinski definition) is 4.